The van der Waals surface area contributed by atoms with E-state index in [0.29, 0.717) is 0 Å². The first-order valence-corrected chi connectivity index (χ1v) is 7.09. The molecule has 0 saturated carbocycles. The molecule has 2 rings (SSSR count). The standard InChI is InChI=1S/C15H24N2O/c1-3-6-13-7-5-11-17(12-9-13)15-14(18-2)8-4-10-16-15/h4,8,10,13H,3,5-7,9,11-12H2,1-2H3. The lowest BCUT2D eigenvalue weighted by Crippen LogP contribution is -2.25. The van der Waals surface area contributed by atoms with Crippen molar-refractivity contribution in [3.05, 3.63) is 18.3 Å². The summed E-state index contributed by atoms with van der Waals surface area (Å²) in [5.74, 6) is 2.80. The van der Waals surface area contributed by atoms with Crippen molar-refractivity contribution in [1.82, 2.24) is 4.98 Å². The molecule has 0 amide bonds. The molecule has 2 heterocycles. The molecule has 18 heavy (non-hydrogen) atoms. The van der Waals surface area contributed by atoms with Gasteiger partial charge in [0.05, 0.1) is 7.11 Å². The van der Waals surface area contributed by atoms with Gasteiger partial charge in [0.1, 0.15) is 0 Å². The van der Waals surface area contributed by atoms with E-state index in [4.69, 9.17) is 4.74 Å². The highest BCUT2D eigenvalue weighted by molar-refractivity contribution is 5.52. The van der Waals surface area contributed by atoms with E-state index in [1.807, 2.05) is 18.3 Å². The van der Waals surface area contributed by atoms with Gasteiger partial charge in [0.25, 0.3) is 0 Å². The van der Waals surface area contributed by atoms with Gasteiger partial charge in [0.2, 0.25) is 0 Å². The minimum absolute atomic E-state index is 0.895. The zero-order valence-corrected chi connectivity index (χ0v) is 11.6. The summed E-state index contributed by atoms with van der Waals surface area (Å²) in [4.78, 5) is 6.87. The van der Waals surface area contributed by atoms with E-state index in [1.54, 1.807) is 7.11 Å². The number of aromatic nitrogens is 1. The van der Waals surface area contributed by atoms with Crippen LogP contribution in [0.2, 0.25) is 0 Å². The highest BCUT2D eigenvalue weighted by atomic mass is 16.5. The Morgan fingerprint density at radius 3 is 3.06 bits per heavy atom. The van der Waals surface area contributed by atoms with Crippen LogP contribution in [0.4, 0.5) is 5.82 Å². The van der Waals surface area contributed by atoms with Gasteiger partial charge in [-0.15, -0.1) is 0 Å². The topological polar surface area (TPSA) is 25.4 Å². The molecule has 1 aliphatic rings. The summed E-state index contributed by atoms with van der Waals surface area (Å²) in [7, 11) is 1.72. The summed E-state index contributed by atoms with van der Waals surface area (Å²) in [5.41, 5.74) is 0. The van der Waals surface area contributed by atoms with Crippen LogP contribution >= 0.6 is 0 Å². The number of ether oxygens (including phenoxy) is 1. The first kappa shape index (κ1) is 13.2. The Morgan fingerprint density at radius 2 is 2.28 bits per heavy atom. The number of anilines is 1. The van der Waals surface area contributed by atoms with Gasteiger partial charge in [0.15, 0.2) is 11.6 Å². The molecule has 1 aromatic rings. The molecule has 1 unspecified atom stereocenters. The monoisotopic (exact) mass is 248 g/mol. The number of hydrogen-bond donors (Lipinski definition) is 0. The van der Waals surface area contributed by atoms with Crippen LogP contribution in [0.15, 0.2) is 18.3 Å². The van der Waals surface area contributed by atoms with Crippen molar-refractivity contribution >= 4 is 5.82 Å². The van der Waals surface area contributed by atoms with Crippen LogP contribution in [-0.4, -0.2) is 25.2 Å². The normalized spacial score (nSPS) is 20.6. The molecular formula is C15H24N2O. The summed E-state index contributed by atoms with van der Waals surface area (Å²) in [6, 6.07) is 3.93. The van der Waals surface area contributed by atoms with E-state index >= 15 is 0 Å². The lowest BCUT2D eigenvalue weighted by molar-refractivity contribution is 0.411. The van der Waals surface area contributed by atoms with Crippen molar-refractivity contribution in [2.75, 3.05) is 25.1 Å². The average molecular weight is 248 g/mol. The molecule has 3 heteroatoms. The van der Waals surface area contributed by atoms with Gasteiger partial charge >= 0.3 is 0 Å². The van der Waals surface area contributed by atoms with Crippen LogP contribution in [-0.2, 0) is 0 Å². The Labute approximate surface area is 110 Å². The summed E-state index contributed by atoms with van der Waals surface area (Å²) in [6.45, 7) is 4.50. The van der Waals surface area contributed by atoms with Crippen LogP contribution in [0.3, 0.4) is 0 Å². The lowest BCUT2D eigenvalue weighted by Gasteiger charge is -2.23. The van der Waals surface area contributed by atoms with Crippen LogP contribution in [0, 0.1) is 5.92 Å². The lowest BCUT2D eigenvalue weighted by atomic mass is 9.96. The molecule has 1 aliphatic heterocycles. The Bertz CT molecular complexity index is 367. The molecule has 1 fully saturated rings. The number of hydrogen-bond acceptors (Lipinski definition) is 3. The Kier molecular flexibility index (Phi) is 4.85. The second-order valence-electron chi connectivity index (χ2n) is 5.10. The molecule has 0 N–H and O–H groups in total. The average Bonchev–Trinajstić information content (AvgIpc) is 2.65. The number of pyridine rings is 1. The van der Waals surface area contributed by atoms with Crippen molar-refractivity contribution < 1.29 is 4.74 Å². The molecule has 1 saturated heterocycles. The van der Waals surface area contributed by atoms with Crippen LogP contribution in [0.25, 0.3) is 0 Å². The maximum Gasteiger partial charge on any atom is 0.171 e. The third-order valence-electron chi connectivity index (χ3n) is 3.81. The van der Waals surface area contributed by atoms with E-state index in [9.17, 15) is 0 Å². The fourth-order valence-electron chi connectivity index (χ4n) is 2.85. The Hall–Kier alpha value is -1.25. The maximum absolute atomic E-state index is 5.41. The van der Waals surface area contributed by atoms with Crippen LogP contribution in [0.1, 0.15) is 39.0 Å². The number of rotatable bonds is 4. The third kappa shape index (κ3) is 3.15. The van der Waals surface area contributed by atoms with Gasteiger partial charge in [-0.1, -0.05) is 19.8 Å². The quantitative estimate of drug-likeness (QED) is 0.815. The first-order valence-electron chi connectivity index (χ1n) is 7.09. The highest BCUT2D eigenvalue weighted by Crippen LogP contribution is 2.29. The van der Waals surface area contributed by atoms with Crippen molar-refractivity contribution in [1.29, 1.82) is 0 Å². The molecule has 0 aromatic carbocycles. The fraction of sp³-hybridized carbons (Fsp3) is 0.667. The molecular weight excluding hydrogens is 224 g/mol. The van der Waals surface area contributed by atoms with Gasteiger partial charge < -0.3 is 9.64 Å². The second kappa shape index (κ2) is 6.62. The van der Waals surface area contributed by atoms with E-state index < -0.39 is 0 Å². The van der Waals surface area contributed by atoms with Gasteiger partial charge in [-0.2, -0.15) is 0 Å². The van der Waals surface area contributed by atoms with Gasteiger partial charge in [-0.25, -0.2) is 4.98 Å². The minimum atomic E-state index is 0.895. The zero-order chi connectivity index (χ0) is 12.8. The molecule has 1 atom stereocenters. The number of methoxy groups -OCH3 is 1. The molecule has 0 radical (unpaired) electrons. The summed E-state index contributed by atoms with van der Waals surface area (Å²) in [5, 5.41) is 0. The molecule has 0 aliphatic carbocycles. The smallest absolute Gasteiger partial charge is 0.171 e. The van der Waals surface area contributed by atoms with E-state index in [-0.39, 0.29) is 0 Å². The Balaban J connectivity index is 2.05. The van der Waals surface area contributed by atoms with E-state index in [0.717, 1.165) is 30.6 Å². The van der Waals surface area contributed by atoms with Gasteiger partial charge in [-0.05, 0) is 37.3 Å². The van der Waals surface area contributed by atoms with Gasteiger partial charge in [-0.3, -0.25) is 0 Å². The molecule has 0 bridgehead atoms. The van der Waals surface area contributed by atoms with Crippen LogP contribution in [0.5, 0.6) is 5.75 Å². The van der Waals surface area contributed by atoms with Crippen molar-refractivity contribution in [2.24, 2.45) is 5.92 Å². The van der Waals surface area contributed by atoms with Crippen LogP contribution < -0.4 is 9.64 Å². The summed E-state index contributed by atoms with van der Waals surface area (Å²) >= 11 is 0. The predicted octanol–water partition coefficient (Wildman–Crippen LogP) is 3.50. The summed E-state index contributed by atoms with van der Waals surface area (Å²) in [6.07, 6.45) is 8.44. The maximum atomic E-state index is 5.41. The van der Waals surface area contributed by atoms with E-state index in [2.05, 4.69) is 16.8 Å². The number of nitrogens with zero attached hydrogens (tertiary/aromatic N) is 2. The van der Waals surface area contributed by atoms with Crippen molar-refractivity contribution in [3.63, 3.8) is 0 Å². The molecule has 3 nitrogen and oxygen atoms in total. The first-order chi connectivity index (χ1) is 8.85. The van der Waals surface area contributed by atoms with Gasteiger partial charge in [0, 0.05) is 19.3 Å². The third-order valence-corrected chi connectivity index (χ3v) is 3.81. The largest absolute Gasteiger partial charge is 0.493 e. The van der Waals surface area contributed by atoms with Crippen molar-refractivity contribution in [2.45, 2.75) is 39.0 Å². The molecule has 1 aromatic heterocycles. The molecule has 100 valence electrons. The predicted molar refractivity (Wildman–Crippen MR) is 75.3 cm³/mol. The highest BCUT2D eigenvalue weighted by Gasteiger charge is 2.19. The summed E-state index contributed by atoms with van der Waals surface area (Å²) < 4.78 is 5.41. The van der Waals surface area contributed by atoms with E-state index in [1.165, 1.54) is 32.1 Å². The Morgan fingerprint density at radius 1 is 1.39 bits per heavy atom. The molecule has 0 spiro atoms. The minimum Gasteiger partial charge on any atom is -0.493 e. The second-order valence-corrected chi connectivity index (χ2v) is 5.10. The SMILES string of the molecule is CCCC1CCCN(c2ncccc2OC)CC1. The zero-order valence-electron chi connectivity index (χ0n) is 11.6. The fourth-order valence-corrected chi connectivity index (χ4v) is 2.85. The van der Waals surface area contributed by atoms with Crippen molar-refractivity contribution in [3.8, 4) is 5.75 Å².